The van der Waals surface area contributed by atoms with Gasteiger partial charge in [0, 0.05) is 19.2 Å². The predicted octanol–water partition coefficient (Wildman–Crippen LogP) is 3.59. The van der Waals surface area contributed by atoms with Gasteiger partial charge in [0.05, 0.1) is 0 Å². The molecule has 0 saturated carbocycles. The molecule has 1 saturated heterocycles. The highest BCUT2D eigenvalue weighted by atomic mass is 16.3. The molecule has 1 heterocycles. The molecule has 2 aromatic rings. The second-order valence-electron chi connectivity index (χ2n) is 6.54. The van der Waals surface area contributed by atoms with Gasteiger partial charge < -0.3 is 15.1 Å². The number of amides is 1. The summed E-state index contributed by atoms with van der Waals surface area (Å²) in [6, 6.07) is 15.0. The number of hydrogen-bond acceptors (Lipinski definition) is 3. The second-order valence-corrected chi connectivity index (χ2v) is 6.54. The van der Waals surface area contributed by atoms with Crippen LogP contribution in [0.2, 0.25) is 0 Å². The molecule has 4 nitrogen and oxygen atoms in total. The lowest BCUT2D eigenvalue weighted by molar-refractivity contribution is -0.127. The van der Waals surface area contributed by atoms with E-state index >= 15 is 0 Å². The number of aromatic hydroxyl groups is 2. The van der Waals surface area contributed by atoms with E-state index in [9.17, 15) is 15.0 Å². The molecule has 1 aliphatic heterocycles. The second kappa shape index (κ2) is 7.88. The largest absolute Gasteiger partial charge is 0.504 e. The van der Waals surface area contributed by atoms with Crippen molar-refractivity contribution in [1.82, 2.24) is 4.90 Å². The smallest absolute Gasteiger partial charge is 0.246 e. The first-order chi connectivity index (χ1) is 12.1. The normalized spacial score (nSPS) is 15.6. The molecule has 1 aliphatic rings. The van der Waals surface area contributed by atoms with Gasteiger partial charge in [-0.15, -0.1) is 0 Å². The summed E-state index contributed by atoms with van der Waals surface area (Å²) in [4.78, 5) is 14.2. The average Bonchev–Trinajstić information content (AvgIpc) is 2.64. The van der Waals surface area contributed by atoms with Crippen LogP contribution in [0.3, 0.4) is 0 Å². The topological polar surface area (TPSA) is 60.8 Å². The first-order valence-corrected chi connectivity index (χ1v) is 8.65. The van der Waals surface area contributed by atoms with Gasteiger partial charge in [-0.3, -0.25) is 4.79 Å². The van der Waals surface area contributed by atoms with Crippen LogP contribution in [-0.2, 0) is 11.2 Å². The van der Waals surface area contributed by atoms with Crippen molar-refractivity contribution in [2.75, 3.05) is 13.1 Å². The van der Waals surface area contributed by atoms with Crippen LogP contribution >= 0.6 is 0 Å². The Bertz CT molecular complexity index is 747. The molecular formula is C21H23NO3. The van der Waals surface area contributed by atoms with E-state index in [1.54, 1.807) is 12.1 Å². The zero-order valence-corrected chi connectivity index (χ0v) is 14.1. The van der Waals surface area contributed by atoms with E-state index in [2.05, 4.69) is 24.3 Å². The van der Waals surface area contributed by atoms with E-state index in [4.69, 9.17) is 0 Å². The number of phenols is 2. The maximum Gasteiger partial charge on any atom is 0.246 e. The number of benzene rings is 2. The Morgan fingerprint density at radius 3 is 2.44 bits per heavy atom. The minimum absolute atomic E-state index is 0.00859. The number of carbonyl (C=O) groups is 1. The van der Waals surface area contributed by atoms with Crippen molar-refractivity contribution in [2.24, 2.45) is 5.92 Å². The van der Waals surface area contributed by atoms with Crippen molar-refractivity contribution >= 4 is 12.0 Å². The number of hydrogen-bond donors (Lipinski definition) is 2. The van der Waals surface area contributed by atoms with Gasteiger partial charge in [-0.05, 0) is 54.5 Å². The molecule has 130 valence electrons. The van der Waals surface area contributed by atoms with E-state index in [0.717, 1.165) is 32.4 Å². The third-order valence-corrected chi connectivity index (χ3v) is 4.71. The first-order valence-electron chi connectivity index (χ1n) is 8.65. The van der Waals surface area contributed by atoms with Crippen molar-refractivity contribution in [3.63, 3.8) is 0 Å². The van der Waals surface area contributed by atoms with E-state index < -0.39 is 0 Å². The van der Waals surface area contributed by atoms with Crippen LogP contribution in [0.4, 0.5) is 0 Å². The van der Waals surface area contributed by atoms with Gasteiger partial charge in [0.15, 0.2) is 11.5 Å². The molecule has 1 fully saturated rings. The standard InChI is InChI=1S/C21H23NO3/c23-19-8-6-17(15-20(19)24)7-9-21(25)22-12-10-18(11-13-22)14-16-4-2-1-3-5-16/h1-9,15,18,23-24H,10-14H2. The molecule has 0 aromatic heterocycles. The highest BCUT2D eigenvalue weighted by molar-refractivity contribution is 5.91. The van der Waals surface area contributed by atoms with E-state index in [1.165, 1.54) is 23.8 Å². The fourth-order valence-electron chi connectivity index (χ4n) is 3.22. The zero-order chi connectivity index (χ0) is 17.6. The number of nitrogens with zero attached hydrogens (tertiary/aromatic N) is 1. The van der Waals surface area contributed by atoms with Crippen molar-refractivity contribution in [3.8, 4) is 11.5 Å². The molecule has 2 N–H and O–H groups in total. The molecule has 3 rings (SSSR count). The van der Waals surface area contributed by atoms with E-state index in [-0.39, 0.29) is 17.4 Å². The van der Waals surface area contributed by atoms with Gasteiger partial charge in [-0.2, -0.15) is 0 Å². The van der Waals surface area contributed by atoms with Crippen LogP contribution in [-0.4, -0.2) is 34.1 Å². The number of rotatable bonds is 4. The summed E-state index contributed by atoms with van der Waals surface area (Å²) >= 11 is 0. The van der Waals surface area contributed by atoms with Gasteiger partial charge in [0.25, 0.3) is 0 Å². The van der Waals surface area contributed by atoms with Crippen LogP contribution in [0.5, 0.6) is 11.5 Å². The van der Waals surface area contributed by atoms with Crippen LogP contribution in [0.1, 0.15) is 24.0 Å². The highest BCUT2D eigenvalue weighted by Crippen LogP contribution is 2.26. The third-order valence-electron chi connectivity index (χ3n) is 4.71. The fraction of sp³-hybridized carbons (Fsp3) is 0.286. The first kappa shape index (κ1) is 17.1. The molecular weight excluding hydrogens is 314 g/mol. The number of phenolic OH excluding ortho intramolecular Hbond substituents is 2. The molecule has 0 bridgehead atoms. The van der Waals surface area contributed by atoms with Crippen LogP contribution in [0, 0.1) is 5.92 Å². The summed E-state index contributed by atoms with van der Waals surface area (Å²) in [7, 11) is 0. The number of carbonyl (C=O) groups excluding carboxylic acids is 1. The quantitative estimate of drug-likeness (QED) is 0.662. The summed E-state index contributed by atoms with van der Waals surface area (Å²) in [6.07, 6.45) is 6.31. The molecule has 1 amide bonds. The minimum atomic E-state index is -0.184. The van der Waals surface area contributed by atoms with Crippen LogP contribution < -0.4 is 0 Å². The number of likely N-dealkylation sites (tertiary alicyclic amines) is 1. The number of piperidine rings is 1. The van der Waals surface area contributed by atoms with E-state index in [0.29, 0.717) is 11.5 Å². The summed E-state index contributed by atoms with van der Waals surface area (Å²) in [5.41, 5.74) is 2.04. The molecule has 0 radical (unpaired) electrons. The Hall–Kier alpha value is -2.75. The van der Waals surface area contributed by atoms with Crippen LogP contribution in [0.25, 0.3) is 6.08 Å². The zero-order valence-electron chi connectivity index (χ0n) is 14.1. The molecule has 2 aromatic carbocycles. The van der Waals surface area contributed by atoms with Gasteiger partial charge in [0.1, 0.15) is 0 Å². The molecule has 0 spiro atoms. The SMILES string of the molecule is O=C(C=Cc1ccc(O)c(O)c1)N1CCC(Cc2ccccc2)CC1. The van der Waals surface area contributed by atoms with Gasteiger partial charge in [0.2, 0.25) is 5.91 Å². The lowest BCUT2D eigenvalue weighted by Crippen LogP contribution is -2.37. The third kappa shape index (κ3) is 4.63. The van der Waals surface area contributed by atoms with Crippen molar-refractivity contribution in [3.05, 3.63) is 65.7 Å². The van der Waals surface area contributed by atoms with Gasteiger partial charge >= 0.3 is 0 Å². The molecule has 0 unspecified atom stereocenters. The van der Waals surface area contributed by atoms with Crippen molar-refractivity contribution < 1.29 is 15.0 Å². The molecule has 4 heteroatoms. The van der Waals surface area contributed by atoms with Gasteiger partial charge in [-0.1, -0.05) is 36.4 Å². The van der Waals surface area contributed by atoms with Crippen LogP contribution in [0.15, 0.2) is 54.6 Å². The Morgan fingerprint density at radius 1 is 1.04 bits per heavy atom. The highest BCUT2D eigenvalue weighted by Gasteiger charge is 2.21. The van der Waals surface area contributed by atoms with E-state index in [1.807, 2.05) is 11.0 Å². The predicted molar refractivity (Wildman–Crippen MR) is 98.3 cm³/mol. The summed E-state index contributed by atoms with van der Waals surface area (Å²) in [6.45, 7) is 1.56. The maximum atomic E-state index is 12.3. The molecule has 25 heavy (non-hydrogen) atoms. The maximum absolute atomic E-state index is 12.3. The lowest BCUT2D eigenvalue weighted by Gasteiger charge is -2.31. The average molecular weight is 337 g/mol. The van der Waals surface area contributed by atoms with Crippen molar-refractivity contribution in [1.29, 1.82) is 0 Å². The monoisotopic (exact) mass is 337 g/mol. The lowest BCUT2D eigenvalue weighted by atomic mass is 9.90. The Labute approximate surface area is 148 Å². The Kier molecular flexibility index (Phi) is 5.39. The molecule has 0 atom stereocenters. The summed E-state index contributed by atoms with van der Waals surface area (Å²) in [5.74, 6) is 0.274. The Morgan fingerprint density at radius 2 is 1.76 bits per heavy atom. The summed E-state index contributed by atoms with van der Waals surface area (Å²) < 4.78 is 0. The van der Waals surface area contributed by atoms with Gasteiger partial charge in [-0.25, -0.2) is 0 Å². The fourth-order valence-corrected chi connectivity index (χ4v) is 3.22. The Balaban J connectivity index is 1.51. The molecule has 0 aliphatic carbocycles. The summed E-state index contributed by atoms with van der Waals surface area (Å²) in [5, 5.41) is 18.8. The minimum Gasteiger partial charge on any atom is -0.504 e. The van der Waals surface area contributed by atoms with Crippen molar-refractivity contribution in [2.45, 2.75) is 19.3 Å².